The van der Waals surface area contributed by atoms with E-state index in [0.717, 1.165) is 25.0 Å². The van der Waals surface area contributed by atoms with Gasteiger partial charge in [0.25, 0.3) is 0 Å². The van der Waals surface area contributed by atoms with Gasteiger partial charge < -0.3 is 4.74 Å². The molecule has 0 saturated heterocycles. The Morgan fingerprint density at radius 3 is 1.67 bits per heavy atom. The number of aryl methyl sites for hydroxylation is 1. The van der Waals surface area contributed by atoms with Gasteiger partial charge in [0, 0.05) is 0 Å². The van der Waals surface area contributed by atoms with Crippen LogP contribution in [0.15, 0.2) is 6.07 Å². The summed E-state index contributed by atoms with van der Waals surface area (Å²) in [5.74, 6) is 1.15. The van der Waals surface area contributed by atoms with Crippen LogP contribution in [0.1, 0.15) is 91.5 Å². The third kappa shape index (κ3) is 6.49. The standard InChI is InChI=1S/C23H40O/c1-12-18-16(2)13-17(14-21(3,4)5)20(24-23(9,10)11)19(18)15-22(6,7)8/h13H,12,14-15H2,1-11H3. The largest absolute Gasteiger partial charge is 0.488 e. The van der Waals surface area contributed by atoms with Crippen LogP contribution in [-0.2, 0) is 19.3 Å². The van der Waals surface area contributed by atoms with Gasteiger partial charge in [0.05, 0.1) is 0 Å². The smallest absolute Gasteiger partial charge is 0.126 e. The van der Waals surface area contributed by atoms with E-state index in [1.165, 1.54) is 22.3 Å². The van der Waals surface area contributed by atoms with Gasteiger partial charge in [0.1, 0.15) is 11.4 Å². The number of hydrogen-bond donors (Lipinski definition) is 0. The maximum atomic E-state index is 6.55. The van der Waals surface area contributed by atoms with Crippen molar-refractivity contribution in [3.63, 3.8) is 0 Å². The Morgan fingerprint density at radius 2 is 1.29 bits per heavy atom. The summed E-state index contributed by atoms with van der Waals surface area (Å²) >= 11 is 0. The molecule has 0 N–H and O–H groups in total. The van der Waals surface area contributed by atoms with E-state index >= 15 is 0 Å². The van der Waals surface area contributed by atoms with Crippen molar-refractivity contribution in [2.24, 2.45) is 10.8 Å². The zero-order valence-electron chi connectivity index (χ0n) is 18.1. The van der Waals surface area contributed by atoms with Crippen molar-refractivity contribution in [3.8, 4) is 5.75 Å². The number of hydrogen-bond acceptors (Lipinski definition) is 1. The molecule has 1 aromatic carbocycles. The summed E-state index contributed by atoms with van der Waals surface area (Å²) in [5.41, 5.74) is 5.99. The van der Waals surface area contributed by atoms with Crippen molar-refractivity contribution in [3.05, 3.63) is 28.3 Å². The van der Waals surface area contributed by atoms with Crippen LogP contribution >= 0.6 is 0 Å². The predicted octanol–water partition coefficient (Wildman–Crippen LogP) is 6.91. The highest BCUT2D eigenvalue weighted by Crippen LogP contribution is 2.39. The van der Waals surface area contributed by atoms with Crippen molar-refractivity contribution < 1.29 is 4.74 Å². The van der Waals surface area contributed by atoms with Crippen LogP contribution < -0.4 is 4.74 Å². The molecule has 0 aliphatic heterocycles. The lowest BCUT2D eigenvalue weighted by atomic mass is 9.80. The summed E-state index contributed by atoms with van der Waals surface area (Å²) in [4.78, 5) is 0. The van der Waals surface area contributed by atoms with Crippen LogP contribution in [0, 0.1) is 17.8 Å². The summed E-state index contributed by atoms with van der Waals surface area (Å²) in [6.45, 7) is 24.9. The fourth-order valence-corrected chi connectivity index (χ4v) is 3.33. The fourth-order valence-electron chi connectivity index (χ4n) is 3.33. The van der Waals surface area contributed by atoms with Crippen LogP contribution in [0.25, 0.3) is 0 Å². The molecular formula is C23H40O. The number of ether oxygens (including phenoxy) is 1. The average Bonchev–Trinajstić information content (AvgIpc) is 2.29. The molecule has 0 aliphatic rings. The SMILES string of the molecule is CCc1c(C)cc(CC(C)(C)C)c(OC(C)(C)C)c1CC(C)(C)C. The Balaban J connectivity index is 3.64. The van der Waals surface area contributed by atoms with E-state index in [-0.39, 0.29) is 16.4 Å². The zero-order chi connectivity index (χ0) is 18.9. The molecule has 0 heterocycles. The van der Waals surface area contributed by atoms with Crippen LogP contribution in [-0.4, -0.2) is 5.60 Å². The molecule has 0 radical (unpaired) electrons. The quantitative estimate of drug-likeness (QED) is 0.582. The molecule has 1 nitrogen and oxygen atoms in total. The third-order valence-electron chi connectivity index (χ3n) is 3.99. The van der Waals surface area contributed by atoms with Gasteiger partial charge in [-0.1, -0.05) is 54.5 Å². The Bertz CT molecular complexity index is 560. The van der Waals surface area contributed by atoms with E-state index in [0.29, 0.717) is 0 Å². The van der Waals surface area contributed by atoms with Gasteiger partial charge in [-0.05, 0) is 80.0 Å². The topological polar surface area (TPSA) is 9.23 Å². The third-order valence-corrected chi connectivity index (χ3v) is 3.99. The van der Waals surface area contributed by atoms with Crippen molar-refractivity contribution in [1.82, 2.24) is 0 Å². The number of rotatable bonds is 4. The van der Waals surface area contributed by atoms with Crippen LogP contribution in [0.4, 0.5) is 0 Å². The fraction of sp³-hybridized carbons (Fsp3) is 0.739. The monoisotopic (exact) mass is 332 g/mol. The predicted molar refractivity (Wildman–Crippen MR) is 107 cm³/mol. The maximum absolute atomic E-state index is 6.55. The second kappa shape index (κ2) is 7.10. The van der Waals surface area contributed by atoms with Crippen LogP contribution in [0.3, 0.4) is 0 Å². The van der Waals surface area contributed by atoms with E-state index in [1.54, 1.807) is 0 Å². The summed E-state index contributed by atoms with van der Waals surface area (Å²) < 4.78 is 6.55. The second-order valence-electron chi connectivity index (χ2n) is 10.7. The molecule has 1 rings (SSSR count). The Labute approximate surface area is 151 Å². The first-order valence-electron chi connectivity index (χ1n) is 9.46. The molecule has 0 aliphatic carbocycles. The van der Waals surface area contributed by atoms with Crippen molar-refractivity contribution in [1.29, 1.82) is 0 Å². The minimum atomic E-state index is -0.181. The summed E-state index contributed by atoms with van der Waals surface area (Å²) in [6.07, 6.45) is 3.16. The minimum Gasteiger partial charge on any atom is -0.488 e. The van der Waals surface area contributed by atoms with E-state index < -0.39 is 0 Å². The molecule has 0 amide bonds. The van der Waals surface area contributed by atoms with Gasteiger partial charge in [-0.25, -0.2) is 0 Å². The van der Waals surface area contributed by atoms with Gasteiger partial charge >= 0.3 is 0 Å². The summed E-state index contributed by atoms with van der Waals surface area (Å²) in [5, 5.41) is 0. The molecule has 0 atom stereocenters. The van der Waals surface area contributed by atoms with Gasteiger partial charge in [0.15, 0.2) is 0 Å². The van der Waals surface area contributed by atoms with Crippen LogP contribution in [0.2, 0.25) is 0 Å². The lowest BCUT2D eigenvalue weighted by Gasteiger charge is -2.32. The highest BCUT2D eigenvalue weighted by atomic mass is 16.5. The van der Waals surface area contributed by atoms with Crippen molar-refractivity contribution >= 4 is 0 Å². The van der Waals surface area contributed by atoms with Crippen molar-refractivity contribution in [2.75, 3.05) is 0 Å². The van der Waals surface area contributed by atoms with E-state index in [4.69, 9.17) is 4.74 Å². The lowest BCUT2D eigenvalue weighted by Crippen LogP contribution is -2.26. The molecule has 1 heteroatoms. The lowest BCUT2D eigenvalue weighted by molar-refractivity contribution is 0.125. The highest BCUT2D eigenvalue weighted by Gasteiger charge is 2.26. The molecule has 0 fully saturated rings. The van der Waals surface area contributed by atoms with Gasteiger partial charge in [0.2, 0.25) is 0 Å². The molecule has 0 aromatic heterocycles. The Kier molecular flexibility index (Phi) is 6.23. The van der Waals surface area contributed by atoms with Crippen molar-refractivity contribution in [2.45, 2.75) is 101 Å². The highest BCUT2D eigenvalue weighted by molar-refractivity contribution is 5.51. The second-order valence-corrected chi connectivity index (χ2v) is 10.7. The molecule has 0 spiro atoms. The van der Waals surface area contributed by atoms with Gasteiger partial charge in [-0.3, -0.25) is 0 Å². The molecular weight excluding hydrogens is 292 g/mol. The normalized spacial score (nSPS) is 13.3. The number of benzene rings is 1. The molecule has 1 aromatic rings. The average molecular weight is 333 g/mol. The van der Waals surface area contributed by atoms with Gasteiger partial charge in [-0.2, -0.15) is 0 Å². The van der Waals surface area contributed by atoms with E-state index in [2.05, 4.69) is 82.2 Å². The maximum Gasteiger partial charge on any atom is 0.126 e. The summed E-state index contributed by atoms with van der Waals surface area (Å²) in [6, 6.07) is 2.37. The molecule has 24 heavy (non-hydrogen) atoms. The first-order valence-corrected chi connectivity index (χ1v) is 9.46. The van der Waals surface area contributed by atoms with Gasteiger partial charge in [-0.15, -0.1) is 0 Å². The first-order chi connectivity index (χ1) is 10.6. The van der Waals surface area contributed by atoms with E-state index in [1.807, 2.05) is 0 Å². The Hall–Kier alpha value is -0.980. The molecule has 0 saturated carbocycles. The van der Waals surface area contributed by atoms with E-state index in [9.17, 15) is 0 Å². The summed E-state index contributed by atoms with van der Waals surface area (Å²) in [7, 11) is 0. The molecule has 0 unspecified atom stereocenters. The Morgan fingerprint density at radius 1 is 0.792 bits per heavy atom. The minimum absolute atomic E-state index is 0.181. The zero-order valence-corrected chi connectivity index (χ0v) is 18.1. The molecule has 0 bridgehead atoms. The first kappa shape index (κ1) is 21.1. The molecule has 138 valence electrons. The van der Waals surface area contributed by atoms with Crippen LogP contribution in [0.5, 0.6) is 5.75 Å².